The average Bonchev–Trinajstić information content (AvgIpc) is 3.02. The van der Waals surface area contributed by atoms with Crippen molar-refractivity contribution in [3.05, 3.63) is 52.6 Å². The Morgan fingerprint density at radius 1 is 1.03 bits per heavy atom. The summed E-state index contributed by atoms with van der Waals surface area (Å²) in [7, 11) is 0. The summed E-state index contributed by atoms with van der Waals surface area (Å²) in [5.74, 6) is -0.128. The Morgan fingerprint density at radius 3 is 2.17 bits per heavy atom. The van der Waals surface area contributed by atoms with Crippen LogP contribution < -0.4 is 5.32 Å². The van der Waals surface area contributed by atoms with Gasteiger partial charge >= 0.3 is 0 Å². The van der Waals surface area contributed by atoms with Crippen LogP contribution in [0.3, 0.4) is 0 Å². The van der Waals surface area contributed by atoms with Crippen molar-refractivity contribution in [2.24, 2.45) is 5.41 Å². The Hall–Kier alpha value is -3.25. The zero-order valence-electron chi connectivity index (χ0n) is 17.1. The molecule has 2 bridgehead atoms. The molecule has 1 saturated carbocycles. The van der Waals surface area contributed by atoms with Crippen LogP contribution in [0.25, 0.3) is 0 Å². The predicted octanol–water partition coefficient (Wildman–Crippen LogP) is 3.75. The molecule has 146 valence electrons. The van der Waals surface area contributed by atoms with Gasteiger partial charge < -0.3 is 5.32 Å². The maximum atomic E-state index is 13.7. The smallest absolute Gasteiger partial charge is 0.237 e. The van der Waals surface area contributed by atoms with E-state index in [-0.39, 0.29) is 17.3 Å². The van der Waals surface area contributed by atoms with Crippen LogP contribution in [-0.4, -0.2) is 15.9 Å². The number of aromatic nitrogens is 2. The standard InChI is InChI=1S/C23H23N5O/c1-5-14-6-8-15(9-7-14)26-20(29)23-11-10-22(4,21(23,2)3)18-19(23)28-17(13-25)16(12-24)27-18/h6-9H,5,10-11H2,1-4H3,(H,26,29). The van der Waals surface area contributed by atoms with Crippen molar-refractivity contribution in [1.82, 2.24) is 9.97 Å². The van der Waals surface area contributed by atoms with Gasteiger partial charge in [-0.1, -0.05) is 39.8 Å². The first-order valence-electron chi connectivity index (χ1n) is 9.88. The summed E-state index contributed by atoms with van der Waals surface area (Å²) < 4.78 is 0. The molecule has 2 atom stereocenters. The van der Waals surface area contributed by atoms with Crippen molar-refractivity contribution in [3.8, 4) is 12.1 Å². The monoisotopic (exact) mass is 385 g/mol. The Labute approximate surface area is 170 Å². The fraction of sp³-hybridized carbons (Fsp3) is 0.435. The summed E-state index contributed by atoms with van der Waals surface area (Å²) in [5, 5.41) is 21.9. The number of amides is 1. The van der Waals surface area contributed by atoms with Gasteiger partial charge in [-0.2, -0.15) is 10.5 Å². The number of fused-ring (bicyclic) bond motifs is 5. The number of nitriles is 2. The molecule has 6 heteroatoms. The minimum atomic E-state index is -0.896. The molecule has 29 heavy (non-hydrogen) atoms. The van der Waals surface area contributed by atoms with E-state index in [1.807, 2.05) is 36.4 Å². The fourth-order valence-electron chi connectivity index (χ4n) is 5.20. The minimum absolute atomic E-state index is 0.0160. The summed E-state index contributed by atoms with van der Waals surface area (Å²) in [5.41, 5.74) is 1.44. The highest BCUT2D eigenvalue weighted by Crippen LogP contribution is 2.70. The summed E-state index contributed by atoms with van der Waals surface area (Å²) in [6.07, 6.45) is 2.35. The van der Waals surface area contributed by atoms with Crippen LogP contribution in [-0.2, 0) is 22.0 Å². The van der Waals surface area contributed by atoms with Crippen molar-refractivity contribution in [2.45, 2.75) is 57.8 Å². The van der Waals surface area contributed by atoms with Crippen molar-refractivity contribution in [2.75, 3.05) is 5.32 Å². The quantitative estimate of drug-likeness (QED) is 0.867. The van der Waals surface area contributed by atoms with Gasteiger partial charge in [0.25, 0.3) is 0 Å². The molecule has 1 aromatic carbocycles. The first-order chi connectivity index (χ1) is 13.7. The molecule has 0 aliphatic heterocycles. The number of hydrogen-bond donors (Lipinski definition) is 1. The molecule has 4 rings (SSSR count). The van der Waals surface area contributed by atoms with Crippen LogP contribution in [0, 0.1) is 28.1 Å². The summed E-state index contributed by atoms with van der Waals surface area (Å²) in [4.78, 5) is 22.7. The lowest BCUT2D eigenvalue weighted by Gasteiger charge is -2.39. The van der Waals surface area contributed by atoms with E-state index in [9.17, 15) is 15.3 Å². The van der Waals surface area contributed by atoms with Crippen LogP contribution in [0.15, 0.2) is 24.3 Å². The van der Waals surface area contributed by atoms with Gasteiger partial charge in [0.15, 0.2) is 11.4 Å². The molecule has 0 saturated heterocycles. The molecule has 2 unspecified atom stereocenters. The lowest BCUT2D eigenvalue weighted by atomic mass is 9.63. The summed E-state index contributed by atoms with van der Waals surface area (Å²) in [6.45, 7) is 8.32. The third kappa shape index (κ3) is 2.23. The van der Waals surface area contributed by atoms with Crippen molar-refractivity contribution >= 4 is 11.6 Å². The number of rotatable bonds is 3. The summed E-state index contributed by atoms with van der Waals surface area (Å²) >= 11 is 0. The van der Waals surface area contributed by atoms with E-state index >= 15 is 0 Å². The van der Waals surface area contributed by atoms with Crippen LogP contribution in [0.1, 0.15) is 68.9 Å². The van der Waals surface area contributed by atoms with Gasteiger partial charge in [0, 0.05) is 11.1 Å². The highest BCUT2D eigenvalue weighted by atomic mass is 16.2. The Kier molecular flexibility index (Phi) is 4.03. The second-order valence-corrected chi connectivity index (χ2v) is 8.71. The molecule has 2 aliphatic carbocycles. The largest absolute Gasteiger partial charge is 0.325 e. The van der Waals surface area contributed by atoms with E-state index in [1.165, 1.54) is 5.56 Å². The fourth-order valence-corrected chi connectivity index (χ4v) is 5.20. The number of carbonyl (C=O) groups excluding carboxylic acids is 1. The summed E-state index contributed by atoms with van der Waals surface area (Å²) in [6, 6.07) is 11.8. The molecule has 6 nitrogen and oxygen atoms in total. The van der Waals surface area contributed by atoms with Gasteiger partial charge in [-0.3, -0.25) is 4.79 Å². The average molecular weight is 385 g/mol. The number of aryl methyl sites for hydroxylation is 1. The van der Waals surface area contributed by atoms with Gasteiger partial charge in [-0.05, 0) is 42.4 Å². The highest BCUT2D eigenvalue weighted by Gasteiger charge is 2.73. The molecular weight excluding hydrogens is 362 g/mol. The van der Waals surface area contributed by atoms with E-state index in [0.717, 1.165) is 18.5 Å². The zero-order chi connectivity index (χ0) is 21.0. The van der Waals surface area contributed by atoms with Crippen LogP contribution in [0.2, 0.25) is 0 Å². The number of nitrogens with one attached hydrogen (secondary N) is 1. The second-order valence-electron chi connectivity index (χ2n) is 8.71. The number of benzene rings is 1. The molecule has 0 radical (unpaired) electrons. The van der Waals surface area contributed by atoms with Gasteiger partial charge in [0.05, 0.1) is 16.8 Å². The van der Waals surface area contributed by atoms with E-state index in [4.69, 9.17) is 0 Å². The van der Waals surface area contributed by atoms with Crippen LogP contribution in [0.4, 0.5) is 5.69 Å². The third-order valence-corrected chi connectivity index (χ3v) is 7.49. The number of anilines is 1. The first-order valence-corrected chi connectivity index (χ1v) is 9.88. The molecule has 1 N–H and O–H groups in total. The van der Waals surface area contributed by atoms with E-state index in [0.29, 0.717) is 17.8 Å². The molecule has 2 aromatic rings. The molecule has 0 spiro atoms. The molecule has 1 aromatic heterocycles. The van der Waals surface area contributed by atoms with Crippen molar-refractivity contribution < 1.29 is 4.79 Å². The van der Waals surface area contributed by atoms with Crippen molar-refractivity contribution in [3.63, 3.8) is 0 Å². The lowest BCUT2D eigenvalue weighted by Crippen LogP contribution is -2.48. The third-order valence-electron chi connectivity index (χ3n) is 7.49. The highest BCUT2D eigenvalue weighted by molar-refractivity contribution is 6.01. The number of carbonyl (C=O) groups is 1. The maximum absolute atomic E-state index is 13.7. The van der Waals surface area contributed by atoms with E-state index < -0.39 is 16.2 Å². The van der Waals surface area contributed by atoms with Gasteiger partial charge in [-0.15, -0.1) is 0 Å². The predicted molar refractivity (Wildman–Crippen MR) is 108 cm³/mol. The lowest BCUT2D eigenvalue weighted by molar-refractivity contribution is -0.125. The molecule has 2 aliphatic rings. The Balaban J connectivity index is 1.85. The normalized spacial score (nSPS) is 25.7. The molecular formula is C23H23N5O. The van der Waals surface area contributed by atoms with Crippen LogP contribution >= 0.6 is 0 Å². The molecule has 1 amide bonds. The van der Waals surface area contributed by atoms with Gasteiger partial charge in [-0.25, -0.2) is 9.97 Å². The SMILES string of the molecule is CCc1ccc(NC(=O)C23CCC(C)(c4nc(C#N)c(C#N)nc42)C3(C)C)cc1. The zero-order valence-corrected chi connectivity index (χ0v) is 17.1. The number of nitrogens with zero attached hydrogens (tertiary/aromatic N) is 4. The first kappa shape index (κ1) is 19.1. The molecule has 1 heterocycles. The van der Waals surface area contributed by atoms with Crippen LogP contribution in [0.5, 0.6) is 0 Å². The Morgan fingerprint density at radius 2 is 1.62 bits per heavy atom. The van der Waals surface area contributed by atoms with E-state index in [2.05, 4.69) is 43.0 Å². The second kappa shape index (κ2) is 6.12. The topological polar surface area (TPSA) is 102 Å². The van der Waals surface area contributed by atoms with Gasteiger partial charge in [0.1, 0.15) is 12.1 Å². The number of hydrogen-bond acceptors (Lipinski definition) is 5. The molecule has 1 fully saturated rings. The Bertz CT molecular complexity index is 1110. The minimum Gasteiger partial charge on any atom is -0.325 e. The van der Waals surface area contributed by atoms with Crippen molar-refractivity contribution in [1.29, 1.82) is 10.5 Å². The maximum Gasteiger partial charge on any atom is 0.237 e. The van der Waals surface area contributed by atoms with Gasteiger partial charge in [0.2, 0.25) is 5.91 Å². The van der Waals surface area contributed by atoms with E-state index in [1.54, 1.807) is 0 Å².